The van der Waals surface area contributed by atoms with Crippen LogP contribution in [-0.2, 0) is 0 Å². The van der Waals surface area contributed by atoms with E-state index in [4.69, 9.17) is 5.26 Å². The Hall–Kier alpha value is -2.36. The minimum Gasteiger partial charge on any atom is -0.343 e. The summed E-state index contributed by atoms with van der Waals surface area (Å²) in [6.45, 7) is 10.3. The van der Waals surface area contributed by atoms with Crippen LogP contribution in [0.25, 0.3) is 10.9 Å². The zero-order chi connectivity index (χ0) is 19.7. The van der Waals surface area contributed by atoms with Crippen LogP contribution >= 0.6 is 0 Å². The summed E-state index contributed by atoms with van der Waals surface area (Å²) in [5, 5.41) is 10.0. The normalized spacial score (nSPS) is 21.5. The van der Waals surface area contributed by atoms with Gasteiger partial charge in [0.25, 0.3) is 5.91 Å². The van der Waals surface area contributed by atoms with Gasteiger partial charge < -0.3 is 9.47 Å². The molecule has 4 rings (SSSR count). The minimum absolute atomic E-state index is 0.138. The summed E-state index contributed by atoms with van der Waals surface area (Å²) in [6.07, 6.45) is 3.19. The molecule has 0 saturated carbocycles. The molecule has 0 radical (unpaired) electrons. The Labute approximate surface area is 166 Å². The first kappa shape index (κ1) is 19.0. The average molecular weight is 380 g/mol. The first-order chi connectivity index (χ1) is 13.6. The van der Waals surface area contributed by atoms with Crippen molar-refractivity contribution < 1.29 is 4.79 Å². The number of hydrogen-bond donors (Lipinski definition) is 0. The summed E-state index contributed by atoms with van der Waals surface area (Å²) in [5.74, 6) is 0.138. The van der Waals surface area contributed by atoms with E-state index in [1.807, 2.05) is 17.0 Å². The van der Waals surface area contributed by atoms with Gasteiger partial charge in [-0.05, 0) is 44.5 Å². The summed E-state index contributed by atoms with van der Waals surface area (Å²) in [6, 6.07) is 11.4. The molecule has 1 atom stereocenters. The molecule has 2 aliphatic rings. The third-order valence-electron chi connectivity index (χ3n) is 6.23. The lowest BCUT2D eigenvalue weighted by Gasteiger charge is -2.37. The molecule has 2 aliphatic heterocycles. The van der Waals surface area contributed by atoms with E-state index in [2.05, 4.69) is 52.6 Å². The largest absolute Gasteiger partial charge is 0.343 e. The molecule has 0 spiro atoms. The molecule has 6 heteroatoms. The van der Waals surface area contributed by atoms with E-state index in [1.165, 1.54) is 5.52 Å². The smallest absolute Gasteiger partial charge is 0.253 e. The van der Waals surface area contributed by atoms with E-state index in [-0.39, 0.29) is 5.91 Å². The number of fused-ring (bicyclic) bond motifs is 1. The van der Waals surface area contributed by atoms with Gasteiger partial charge in [0.15, 0.2) is 0 Å². The van der Waals surface area contributed by atoms with Crippen LogP contribution in [0.4, 0.5) is 0 Å². The second kappa shape index (κ2) is 7.94. The molecule has 0 bridgehead atoms. The maximum absolute atomic E-state index is 13.0. The summed E-state index contributed by atoms with van der Waals surface area (Å²) in [7, 11) is 0. The second-order valence-electron chi connectivity index (χ2n) is 8.25. The number of hydrogen-bond acceptors (Lipinski definition) is 4. The molecule has 0 aliphatic carbocycles. The van der Waals surface area contributed by atoms with Crippen molar-refractivity contribution in [1.29, 1.82) is 5.26 Å². The Morgan fingerprint density at radius 2 is 1.96 bits per heavy atom. The predicted molar refractivity (Wildman–Crippen MR) is 110 cm³/mol. The van der Waals surface area contributed by atoms with E-state index in [0.717, 1.165) is 56.6 Å². The number of nitriles is 1. The Bertz CT molecular complexity index is 888. The number of nitrogens with zero attached hydrogens (tertiary/aromatic N) is 5. The molecule has 2 aromatic rings. The highest BCUT2D eigenvalue weighted by molar-refractivity contribution is 5.98. The van der Waals surface area contributed by atoms with Crippen molar-refractivity contribution in [2.75, 3.05) is 45.8 Å². The Morgan fingerprint density at radius 1 is 1.18 bits per heavy atom. The lowest BCUT2D eigenvalue weighted by Crippen LogP contribution is -2.50. The highest BCUT2D eigenvalue weighted by atomic mass is 16.2. The van der Waals surface area contributed by atoms with Crippen molar-refractivity contribution >= 4 is 16.8 Å². The molecule has 0 unspecified atom stereocenters. The van der Waals surface area contributed by atoms with Crippen LogP contribution in [0.1, 0.15) is 36.7 Å². The number of aromatic nitrogens is 1. The highest BCUT2D eigenvalue weighted by Crippen LogP contribution is 2.28. The molecule has 148 valence electrons. The summed E-state index contributed by atoms with van der Waals surface area (Å²) >= 11 is 0. The van der Waals surface area contributed by atoms with E-state index in [0.29, 0.717) is 18.6 Å². The van der Waals surface area contributed by atoms with Crippen molar-refractivity contribution in [2.24, 2.45) is 0 Å². The van der Waals surface area contributed by atoms with Crippen LogP contribution in [0, 0.1) is 11.3 Å². The lowest BCUT2D eigenvalue weighted by atomic mass is 10.1. The van der Waals surface area contributed by atoms with Crippen molar-refractivity contribution in [3.8, 4) is 6.07 Å². The quantitative estimate of drug-likeness (QED) is 0.766. The highest BCUT2D eigenvalue weighted by Gasteiger charge is 2.26. The SMILES string of the molecule is CC(C)N1CCN(C(=O)c2ccc3c(ccn3[C@H]3CCN(CC#N)C3)c2)CC1. The molecule has 2 fully saturated rings. The van der Waals surface area contributed by atoms with Gasteiger partial charge in [-0.2, -0.15) is 5.26 Å². The molecule has 1 aromatic carbocycles. The molecule has 1 amide bonds. The topological polar surface area (TPSA) is 55.5 Å². The molecule has 1 aromatic heterocycles. The minimum atomic E-state index is 0.138. The van der Waals surface area contributed by atoms with Crippen LogP contribution in [0.2, 0.25) is 0 Å². The van der Waals surface area contributed by atoms with Crippen molar-refractivity contribution in [3.05, 3.63) is 36.0 Å². The number of carbonyl (C=O) groups excluding carboxylic acids is 1. The monoisotopic (exact) mass is 379 g/mol. The standard InChI is InChI=1S/C22H29N5O/c1-17(2)25-11-13-26(14-12-25)22(28)19-3-4-21-18(15-19)5-9-27(21)20-6-8-24(16-20)10-7-23/h3-5,9,15,17,20H,6,8,10-14,16H2,1-2H3/t20-/m0/s1. The van der Waals surface area contributed by atoms with Gasteiger partial charge in [-0.15, -0.1) is 0 Å². The summed E-state index contributed by atoms with van der Waals surface area (Å²) < 4.78 is 2.31. The van der Waals surface area contributed by atoms with E-state index in [1.54, 1.807) is 0 Å². The van der Waals surface area contributed by atoms with Gasteiger partial charge in [0.2, 0.25) is 0 Å². The first-order valence-corrected chi connectivity index (χ1v) is 10.3. The maximum Gasteiger partial charge on any atom is 0.253 e. The molecule has 0 N–H and O–H groups in total. The van der Waals surface area contributed by atoms with Crippen LogP contribution in [0.3, 0.4) is 0 Å². The fourth-order valence-electron chi connectivity index (χ4n) is 4.52. The third kappa shape index (κ3) is 3.65. The zero-order valence-corrected chi connectivity index (χ0v) is 16.8. The first-order valence-electron chi connectivity index (χ1n) is 10.3. The predicted octanol–water partition coefficient (Wildman–Crippen LogP) is 2.58. The van der Waals surface area contributed by atoms with E-state index >= 15 is 0 Å². The lowest BCUT2D eigenvalue weighted by molar-refractivity contribution is 0.0595. The summed E-state index contributed by atoms with van der Waals surface area (Å²) in [5.41, 5.74) is 1.95. The Kier molecular flexibility index (Phi) is 5.38. The molecule has 28 heavy (non-hydrogen) atoms. The van der Waals surface area contributed by atoms with Crippen molar-refractivity contribution in [3.63, 3.8) is 0 Å². The van der Waals surface area contributed by atoms with Gasteiger partial charge in [0.05, 0.1) is 12.6 Å². The zero-order valence-electron chi connectivity index (χ0n) is 16.8. The van der Waals surface area contributed by atoms with Crippen molar-refractivity contribution in [1.82, 2.24) is 19.3 Å². The van der Waals surface area contributed by atoms with Gasteiger partial charge in [0.1, 0.15) is 0 Å². The Balaban J connectivity index is 1.47. The number of benzene rings is 1. The van der Waals surface area contributed by atoms with Gasteiger partial charge in [0, 0.05) is 74.0 Å². The van der Waals surface area contributed by atoms with Crippen LogP contribution in [0.15, 0.2) is 30.5 Å². The fraction of sp³-hybridized carbons (Fsp3) is 0.545. The van der Waals surface area contributed by atoms with E-state index < -0.39 is 0 Å². The third-order valence-corrected chi connectivity index (χ3v) is 6.23. The number of rotatable bonds is 4. The number of amides is 1. The number of likely N-dealkylation sites (tertiary alicyclic amines) is 1. The molecule has 6 nitrogen and oxygen atoms in total. The van der Waals surface area contributed by atoms with Gasteiger partial charge in [-0.3, -0.25) is 14.6 Å². The van der Waals surface area contributed by atoms with Crippen molar-refractivity contribution in [2.45, 2.75) is 32.4 Å². The van der Waals surface area contributed by atoms with Crippen LogP contribution < -0.4 is 0 Å². The number of carbonyl (C=O) groups is 1. The molecule has 3 heterocycles. The number of piperazine rings is 1. The molecule has 2 saturated heterocycles. The van der Waals surface area contributed by atoms with Gasteiger partial charge in [-0.1, -0.05) is 0 Å². The second-order valence-corrected chi connectivity index (χ2v) is 8.25. The average Bonchev–Trinajstić information content (AvgIpc) is 3.34. The van der Waals surface area contributed by atoms with Gasteiger partial charge in [-0.25, -0.2) is 0 Å². The van der Waals surface area contributed by atoms with Crippen LogP contribution in [0.5, 0.6) is 0 Å². The molecular formula is C22H29N5O. The van der Waals surface area contributed by atoms with E-state index in [9.17, 15) is 4.79 Å². The fourth-order valence-corrected chi connectivity index (χ4v) is 4.52. The maximum atomic E-state index is 13.0. The van der Waals surface area contributed by atoms with Crippen LogP contribution in [-0.4, -0.2) is 77.0 Å². The molecular weight excluding hydrogens is 350 g/mol. The van der Waals surface area contributed by atoms with Gasteiger partial charge >= 0.3 is 0 Å². The Morgan fingerprint density at radius 3 is 2.68 bits per heavy atom. The summed E-state index contributed by atoms with van der Waals surface area (Å²) in [4.78, 5) is 19.6.